The molecular formula is C27H30N4O2. The third kappa shape index (κ3) is 4.72. The Balaban J connectivity index is 1.43. The lowest BCUT2D eigenvalue weighted by Gasteiger charge is -2.21. The van der Waals surface area contributed by atoms with E-state index < -0.39 is 0 Å². The Labute approximate surface area is 194 Å². The highest BCUT2D eigenvalue weighted by atomic mass is 16.5. The van der Waals surface area contributed by atoms with E-state index in [1.54, 1.807) is 13.4 Å². The summed E-state index contributed by atoms with van der Waals surface area (Å²) in [5.41, 5.74) is 5.69. The SMILES string of the molecule is COc1ccc(-c2ccc(C(CNC3CCN(C)C3)c3cn[nH]c3-c3ccco3)cc2)cc1. The second-order valence-electron chi connectivity index (χ2n) is 8.74. The molecular weight excluding hydrogens is 412 g/mol. The van der Waals surface area contributed by atoms with Gasteiger partial charge >= 0.3 is 0 Å². The monoisotopic (exact) mass is 442 g/mol. The number of nitrogens with zero attached hydrogens (tertiary/aromatic N) is 2. The molecule has 2 aromatic carbocycles. The maximum absolute atomic E-state index is 5.68. The molecule has 3 heterocycles. The molecule has 2 N–H and O–H groups in total. The van der Waals surface area contributed by atoms with Crippen LogP contribution in [-0.4, -0.2) is 54.9 Å². The van der Waals surface area contributed by atoms with Gasteiger partial charge in [-0.15, -0.1) is 0 Å². The first-order chi connectivity index (χ1) is 16.2. The Hall–Kier alpha value is -3.35. The lowest BCUT2D eigenvalue weighted by atomic mass is 9.89. The fourth-order valence-electron chi connectivity index (χ4n) is 4.66. The molecule has 4 aromatic rings. The average molecular weight is 443 g/mol. The molecule has 1 aliphatic rings. The van der Waals surface area contributed by atoms with Gasteiger partial charge in [0.2, 0.25) is 0 Å². The minimum absolute atomic E-state index is 0.152. The molecule has 6 nitrogen and oxygen atoms in total. The van der Waals surface area contributed by atoms with Crippen LogP contribution in [0.5, 0.6) is 5.75 Å². The lowest BCUT2D eigenvalue weighted by Crippen LogP contribution is -2.34. The predicted octanol–water partition coefficient (Wildman–Crippen LogP) is 4.77. The van der Waals surface area contributed by atoms with Gasteiger partial charge in [0.25, 0.3) is 0 Å². The number of rotatable bonds is 8. The van der Waals surface area contributed by atoms with Crippen LogP contribution in [0.4, 0.5) is 0 Å². The number of ether oxygens (including phenoxy) is 1. The first-order valence-corrected chi connectivity index (χ1v) is 11.4. The van der Waals surface area contributed by atoms with E-state index in [-0.39, 0.29) is 5.92 Å². The number of aromatic amines is 1. The van der Waals surface area contributed by atoms with Gasteiger partial charge in [0.15, 0.2) is 5.76 Å². The minimum Gasteiger partial charge on any atom is -0.497 e. The molecule has 0 aliphatic carbocycles. The van der Waals surface area contributed by atoms with Crippen LogP contribution in [0.3, 0.4) is 0 Å². The summed E-state index contributed by atoms with van der Waals surface area (Å²) >= 11 is 0. The molecule has 170 valence electrons. The van der Waals surface area contributed by atoms with E-state index in [1.807, 2.05) is 30.5 Å². The quantitative estimate of drug-likeness (QED) is 0.411. The summed E-state index contributed by atoms with van der Waals surface area (Å²) in [6.45, 7) is 3.06. The van der Waals surface area contributed by atoms with E-state index in [1.165, 1.54) is 23.1 Å². The molecule has 5 rings (SSSR count). The number of H-pyrrole nitrogens is 1. The van der Waals surface area contributed by atoms with Crippen LogP contribution >= 0.6 is 0 Å². The summed E-state index contributed by atoms with van der Waals surface area (Å²) in [7, 11) is 3.87. The van der Waals surface area contributed by atoms with E-state index in [2.05, 4.69) is 63.9 Å². The molecule has 0 bridgehead atoms. The van der Waals surface area contributed by atoms with Gasteiger partial charge in [-0.25, -0.2) is 0 Å². The van der Waals surface area contributed by atoms with Gasteiger partial charge in [-0.05, 0) is 61.0 Å². The zero-order valence-electron chi connectivity index (χ0n) is 19.1. The fraction of sp³-hybridized carbons (Fsp3) is 0.296. The van der Waals surface area contributed by atoms with E-state index >= 15 is 0 Å². The van der Waals surface area contributed by atoms with Crippen molar-refractivity contribution in [1.82, 2.24) is 20.4 Å². The molecule has 0 spiro atoms. The van der Waals surface area contributed by atoms with Crippen molar-refractivity contribution in [2.75, 3.05) is 33.8 Å². The zero-order valence-corrected chi connectivity index (χ0v) is 19.1. The highest BCUT2D eigenvalue weighted by Crippen LogP contribution is 2.33. The van der Waals surface area contributed by atoms with Crippen LogP contribution in [-0.2, 0) is 0 Å². The molecule has 0 radical (unpaired) electrons. The first kappa shape index (κ1) is 21.5. The van der Waals surface area contributed by atoms with Crippen molar-refractivity contribution >= 4 is 0 Å². The van der Waals surface area contributed by atoms with Gasteiger partial charge < -0.3 is 19.4 Å². The van der Waals surface area contributed by atoms with Crippen LogP contribution in [0.2, 0.25) is 0 Å². The van der Waals surface area contributed by atoms with Gasteiger partial charge in [0.1, 0.15) is 11.4 Å². The lowest BCUT2D eigenvalue weighted by molar-refractivity contribution is 0.397. The first-order valence-electron chi connectivity index (χ1n) is 11.4. The molecule has 6 heteroatoms. The Bertz CT molecular complexity index is 1150. The summed E-state index contributed by atoms with van der Waals surface area (Å²) < 4.78 is 11.0. The van der Waals surface area contributed by atoms with Crippen molar-refractivity contribution in [3.63, 3.8) is 0 Å². The van der Waals surface area contributed by atoms with Gasteiger partial charge in [0.05, 0.1) is 19.6 Å². The zero-order chi connectivity index (χ0) is 22.6. The van der Waals surface area contributed by atoms with E-state index in [9.17, 15) is 0 Å². The number of hydrogen-bond acceptors (Lipinski definition) is 5. The number of likely N-dealkylation sites (N-methyl/N-ethyl adjacent to an activating group) is 1. The Morgan fingerprint density at radius 2 is 1.88 bits per heavy atom. The van der Waals surface area contributed by atoms with Crippen LogP contribution < -0.4 is 10.1 Å². The van der Waals surface area contributed by atoms with Crippen molar-refractivity contribution < 1.29 is 9.15 Å². The standard InChI is InChI=1S/C27H30N4O2/c1-31-14-13-22(18-31)28-16-24(25-17-29-30-27(25)26-4-3-15-33-26)21-7-5-19(6-8-21)20-9-11-23(32-2)12-10-20/h3-12,15,17,22,24,28H,13-14,16,18H2,1-2H3,(H,29,30). The highest BCUT2D eigenvalue weighted by Gasteiger charge is 2.25. The maximum atomic E-state index is 5.68. The number of likely N-dealkylation sites (tertiary alicyclic amines) is 1. The summed E-state index contributed by atoms with van der Waals surface area (Å²) in [6, 6.07) is 21.4. The highest BCUT2D eigenvalue weighted by molar-refractivity contribution is 5.65. The minimum atomic E-state index is 0.152. The molecule has 2 unspecified atom stereocenters. The number of aromatic nitrogens is 2. The molecule has 0 amide bonds. The van der Waals surface area contributed by atoms with Gasteiger partial charge in [-0.3, -0.25) is 5.10 Å². The molecule has 1 fully saturated rings. The maximum Gasteiger partial charge on any atom is 0.151 e. The van der Waals surface area contributed by atoms with Gasteiger partial charge in [-0.2, -0.15) is 5.10 Å². The predicted molar refractivity (Wildman–Crippen MR) is 130 cm³/mol. The second-order valence-corrected chi connectivity index (χ2v) is 8.74. The van der Waals surface area contributed by atoms with E-state index in [0.717, 1.165) is 42.4 Å². The van der Waals surface area contributed by atoms with Crippen molar-refractivity contribution in [1.29, 1.82) is 0 Å². The van der Waals surface area contributed by atoms with Crippen molar-refractivity contribution in [2.24, 2.45) is 0 Å². The molecule has 2 aromatic heterocycles. The number of hydrogen-bond donors (Lipinski definition) is 2. The molecule has 1 saturated heterocycles. The summed E-state index contributed by atoms with van der Waals surface area (Å²) in [5, 5.41) is 11.3. The average Bonchev–Trinajstić information content (AvgIpc) is 3.62. The fourth-order valence-corrected chi connectivity index (χ4v) is 4.66. The van der Waals surface area contributed by atoms with Crippen LogP contribution in [0.25, 0.3) is 22.6 Å². The van der Waals surface area contributed by atoms with Crippen molar-refractivity contribution in [3.8, 4) is 28.3 Å². The molecule has 33 heavy (non-hydrogen) atoms. The largest absolute Gasteiger partial charge is 0.497 e. The number of nitrogens with one attached hydrogen (secondary N) is 2. The normalized spacial score (nSPS) is 17.3. The summed E-state index contributed by atoms with van der Waals surface area (Å²) in [5.74, 6) is 1.83. The van der Waals surface area contributed by atoms with Crippen molar-refractivity contribution in [2.45, 2.75) is 18.4 Å². The second kappa shape index (κ2) is 9.65. The summed E-state index contributed by atoms with van der Waals surface area (Å²) in [6.07, 6.45) is 4.81. The van der Waals surface area contributed by atoms with Crippen LogP contribution in [0.1, 0.15) is 23.5 Å². The van der Waals surface area contributed by atoms with Crippen LogP contribution in [0, 0.1) is 0 Å². The smallest absolute Gasteiger partial charge is 0.151 e. The van der Waals surface area contributed by atoms with Gasteiger partial charge in [-0.1, -0.05) is 36.4 Å². The third-order valence-corrected chi connectivity index (χ3v) is 6.55. The molecule has 1 aliphatic heterocycles. The Kier molecular flexibility index (Phi) is 6.28. The topological polar surface area (TPSA) is 66.3 Å². The van der Waals surface area contributed by atoms with Crippen LogP contribution in [0.15, 0.2) is 77.5 Å². The number of benzene rings is 2. The van der Waals surface area contributed by atoms with E-state index in [4.69, 9.17) is 9.15 Å². The molecule has 0 saturated carbocycles. The van der Waals surface area contributed by atoms with E-state index in [0.29, 0.717) is 6.04 Å². The molecule has 2 atom stereocenters. The number of methoxy groups -OCH3 is 1. The third-order valence-electron chi connectivity index (χ3n) is 6.55. The Morgan fingerprint density at radius 3 is 2.52 bits per heavy atom. The van der Waals surface area contributed by atoms with Gasteiger partial charge in [0, 0.05) is 30.6 Å². The van der Waals surface area contributed by atoms with Crippen molar-refractivity contribution in [3.05, 3.63) is 84.3 Å². The number of furan rings is 1. The Morgan fingerprint density at radius 1 is 1.12 bits per heavy atom. The summed E-state index contributed by atoms with van der Waals surface area (Å²) in [4.78, 5) is 2.38.